The average molecular weight is 472 g/mol. The zero-order chi connectivity index (χ0) is 24.7. The van der Waals surface area contributed by atoms with E-state index in [-0.39, 0.29) is 29.3 Å². The van der Waals surface area contributed by atoms with E-state index in [4.69, 9.17) is 10.5 Å². The number of ether oxygens (including phenoxy) is 1. The fourth-order valence-electron chi connectivity index (χ4n) is 3.36. The number of methoxy groups -OCH3 is 1. The number of nitrogens with two attached hydrogens (primary N) is 1. The molecule has 0 bridgehead atoms. The van der Waals surface area contributed by atoms with E-state index in [2.05, 4.69) is 36.3 Å². The largest absolute Gasteiger partial charge is 0.497 e. The molecule has 7 nitrogen and oxygen atoms in total. The lowest BCUT2D eigenvalue weighted by Crippen LogP contribution is -2.12. The Hall–Kier alpha value is -4.01. The van der Waals surface area contributed by atoms with Crippen molar-refractivity contribution in [2.75, 3.05) is 23.9 Å². The van der Waals surface area contributed by atoms with E-state index in [1.165, 1.54) is 11.8 Å². The number of anilines is 2. The summed E-state index contributed by atoms with van der Waals surface area (Å²) in [4.78, 5) is 16.6. The molecule has 0 saturated carbocycles. The first-order chi connectivity index (χ1) is 16.4. The molecule has 0 aliphatic carbocycles. The summed E-state index contributed by atoms with van der Waals surface area (Å²) >= 11 is 1.26. The van der Waals surface area contributed by atoms with Crippen LogP contribution in [-0.4, -0.2) is 23.8 Å². The lowest BCUT2D eigenvalue weighted by Gasteiger charge is -2.14. The molecule has 3 N–H and O–H groups in total. The van der Waals surface area contributed by atoms with Gasteiger partial charge in [-0.15, -0.1) is 11.8 Å². The predicted octanol–water partition coefficient (Wildman–Crippen LogP) is 5.33. The number of thioether (sulfide) groups is 1. The number of pyridine rings is 1. The highest BCUT2D eigenvalue weighted by molar-refractivity contribution is 7.99. The van der Waals surface area contributed by atoms with Gasteiger partial charge in [-0.05, 0) is 41.3 Å². The summed E-state index contributed by atoms with van der Waals surface area (Å²) in [6.45, 7) is 4.20. The van der Waals surface area contributed by atoms with Gasteiger partial charge in [-0.3, -0.25) is 4.79 Å². The van der Waals surface area contributed by atoms with Gasteiger partial charge < -0.3 is 15.8 Å². The number of nitrogens with one attached hydrogen (secondary N) is 1. The highest BCUT2D eigenvalue weighted by Gasteiger charge is 2.21. The molecule has 1 aromatic heterocycles. The third-order valence-electron chi connectivity index (χ3n) is 5.22. The quantitative estimate of drug-likeness (QED) is 0.426. The van der Waals surface area contributed by atoms with E-state index < -0.39 is 0 Å². The fourth-order valence-corrected chi connectivity index (χ4v) is 4.30. The summed E-state index contributed by atoms with van der Waals surface area (Å²) in [5.41, 5.74) is 9.56. The number of hydrogen-bond acceptors (Lipinski definition) is 7. The number of carbonyl (C=O) groups is 1. The summed E-state index contributed by atoms with van der Waals surface area (Å²) in [5.74, 6) is 1.35. The maximum Gasteiger partial charge on any atom is 0.225 e. The summed E-state index contributed by atoms with van der Waals surface area (Å²) in [5, 5.41) is 22.8. The molecule has 0 fully saturated rings. The maximum atomic E-state index is 12.3. The number of carbonyl (C=O) groups excluding carboxylic acids is 1. The smallest absolute Gasteiger partial charge is 0.225 e. The van der Waals surface area contributed by atoms with Crippen molar-refractivity contribution < 1.29 is 9.53 Å². The molecule has 0 atom stereocenters. The van der Waals surface area contributed by atoms with Gasteiger partial charge in [0.05, 0.1) is 12.7 Å². The van der Waals surface area contributed by atoms with Crippen molar-refractivity contribution in [3.8, 4) is 29.0 Å². The van der Waals surface area contributed by atoms with Crippen LogP contribution in [0.1, 0.15) is 42.9 Å². The summed E-state index contributed by atoms with van der Waals surface area (Å²) in [6.07, 6.45) is 0.210. The molecule has 0 aliphatic heterocycles. The fraction of sp³-hybridized carbons (Fsp3) is 0.231. The first-order valence-electron chi connectivity index (χ1n) is 10.7. The summed E-state index contributed by atoms with van der Waals surface area (Å²) in [7, 11) is 1.58. The van der Waals surface area contributed by atoms with Crippen molar-refractivity contribution in [3.63, 3.8) is 0 Å². The highest BCUT2D eigenvalue weighted by Crippen LogP contribution is 2.36. The van der Waals surface area contributed by atoms with Gasteiger partial charge in [0.25, 0.3) is 0 Å². The Bertz CT molecular complexity index is 1260. The van der Waals surface area contributed by atoms with Crippen molar-refractivity contribution in [2.24, 2.45) is 0 Å². The van der Waals surface area contributed by atoms with Crippen LogP contribution in [0.15, 0.2) is 53.6 Å². The molecule has 1 amide bonds. The van der Waals surface area contributed by atoms with Crippen molar-refractivity contribution >= 4 is 29.2 Å². The zero-order valence-corrected chi connectivity index (χ0v) is 20.1. The SMILES string of the molecule is COc1ccc(NC(=O)CCSc2nc(N)c(C#N)c(-c3ccc(C(C)C)cc3)c2C#N)cc1. The molecule has 3 aromatic rings. The van der Waals surface area contributed by atoms with Gasteiger partial charge in [-0.25, -0.2) is 4.98 Å². The predicted molar refractivity (Wildman–Crippen MR) is 135 cm³/mol. The Morgan fingerprint density at radius 3 is 2.29 bits per heavy atom. The van der Waals surface area contributed by atoms with Crippen LogP contribution in [0.2, 0.25) is 0 Å². The summed E-state index contributed by atoms with van der Waals surface area (Å²) < 4.78 is 5.11. The average Bonchev–Trinajstić information content (AvgIpc) is 2.84. The Balaban J connectivity index is 1.80. The van der Waals surface area contributed by atoms with Gasteiger partial charge >= 0.3 is 0 Å². The third-order valence-corrected chi connectivity index (χ3v) is 6.20. The van der Waals surface area contributed by atoms with Gasteiger partial charge in [-0.2, -0.15) is 10.5 Å². The number of amides is 1. The molecule has 172 valence electrons. The number of nitrogen functional groups attached to an aromatic ring is 1. The van der Waals surface area contributed by atoms with Gasteiger partial charge in [-0.1, -0.05) is 38.1 Å². The van der Waals surface area contributed by atoms with Crippen molar-refractivity contribution in [1.82, 2.24) is 4.98 Å². The lowest BCUT2D eigenvalue weighted by molar-refractivity contribution is -0.115. The van der Waals surface area contributed by atoms with Gasteiger partial charge in [0, 0.05) is 23.4 Å². The molecule has 3 rings (SSSR count). The molecule has 0 radical (unpaired) electrons. The van der Waals surface area contributed by atoms with Crippen molar-refractivity contribution in [1.29, 1.82) is 10.5 Å². The van der Waals surface area contributed by atoms with E-state index in [0.29, 0.717) is 33.7 Å². The Labute approximate surface area is 203 Å². The number of nitrogens with zero attached hydrogens (tertiary/aromatic N) is 3. The lowest BCUT2D eigenvalue weighted by atomic mass is 9.94. The van der Waals surface area contributed by atoms with E-state index in [1.807, 2.05) is 24.3 Å². The number of rotatable bonds is 8. The van der Waals surface area contributed by atoms with Crippen LogP contribution in [0.25, 0.3) is 11.1 Å². The Morgan fingerprint density at radius 1 is 1.09 bits per heavy atom. The van der Waals surface area contributed by atoms with Crippen molar-refractivity contribution in [2.45, 2.75) is 31.2 Å². The van der Waals surface area contributed by atoms with E-state index >= 15 is 0 Å². The van der Waals surface area contributed by atoms with Crippen LogP contribution in [-0.2, 0) is 4.79 Å². The van der Waals surface area contributed by atoms with Crippen molar-refractivity contribution in [3.05, 3.63) is 65.2 Å². The molecule has 0 aliphatic rings. The minimum absolute atomic E-state index is 0.0645. The van der Waals surface area contributed by atoms with E-state index in [0.717, 1.165) is 11.1 Å². The highest BCUT2D eigenvalue weighted by atomic mass is 32.2. The first-order valence-corrected chi connectivity index (χ1v) is 11.7. The minimum atomic E-state index is -0.165. The van der Waals surface area contributed by atoms with E-state index in [1.54, 1.807) is 31.4 Å². The number of hydrogen-bond donors (Lipinski definition) is 2. The number of benzene rings is 2. The van der Waals surface area contributed by atoms with Gasteiger partial charge in [0.15, 0.2) is 0 Å². The molecule has 0 unspecified atom stereocenters. The number of aromatic nitrogens is 1. The molecule has 1 heterocycles. The minimum Gasteiger partial charge on any atom is -0.497 e. The van der Waals surface area contributed by atoms with Gasteiger partial charge in [0.2, 0.25) is 5.91 Å². The summed E-state index contributed by atoms with van der Waals surface area (Å²) in [6, 6.07) is 19.1. The Kier molecular flexibility index (Phi) is 8.13. The second kappa shape index (κ2) is 11.2. The van der Waals surface area contributed by atoms with Crippen LogP contribution in [0, 0.1) is 22.7 Å². The molecule has 34 heavy (non-hydrogen) atoms. The standard InChI is InChI=1S/C26H25N5O2S/c1-16(2)17-4-6-18(7-5-17)24-21(14-27)25(29)31-26(22(24)15-28)34-13-12-23(32)30-19-8-10-20(33-3)11-9-19/h4-11,16H,12-13H2,1-3H3,(H2,29,31)(H,30,32). The van der Waals surface area contributed by atoms with Crippen LogP contribution >= 0.6 is 11.8 Å². The third kappa shape index (κ3) is 5.67. The van der Waals surface area contributed by atoms with Gasteiger partial charge in [0.1, 0.15) is 34.3 Å². The molecular weight excluding hydrogens is 446 g/mol. The van der Waals surface area contributed by atoms with E-state index in [9.17, 15) is 15.3 Å². The molecule has 2 aromatic carbocycles. The van der Waals surface area contributed by atoms with Crippen LogP contribution in [0.3, 0.4) is 0 Å². The normalized spacial score (nSPS) is 10.4. The second-order valence-electron chi connectivity index (χ2n) is 7.80. The number of nitriles is 2. The van der Waals surface area contributed by atoms with Crippen LogP contribution in [0.5, 0.6) is 5.75 Å². The topological polar surface area (TPSA) is 125 Å². The van der Waals surface area contributed by atoms with Crippen LogP contribution in [0.4, 0.5) is 11.5 Å². The monoisotopic (exact) mass is 471 g/mol. The van der Waals surface area contributed by atoms with Crippen LogP contribution < -0.4 is 15.8 Å². The molecule has 0 saturated heterocycles. The second-order valence-corrected chi connectivity index (χ2v) is 8.89. The molecule has 0 spiro atoms. The first kappa shape index (κ1) is 24.6. The maximum absolute atomic E-state index is 12.3. The molecule has 8 heteroatoms. The zero-order valence-electron chi connectivity index (χ0n) is 19.3. The Morgan fingerprint density at radius 2 is 1.74 bits per heavy atom. The molecular formula is C26H25N5O2S.